The fourth-order valence-corrected chi connectivity index (χ4v) is 2.32. The molecular weight excluding hydrogens is 324 g/mol. The molecule has 1 heterocycles. The van der Waals surface area contributed by atoms with E-state index < -0.39 is 4.92 Å². The minimum absolute atomic E-state index is 0.0141. The third-order valence-corrected chi connectivity index (χ3v) is 3.60. The van der Waals surface area contributed by atoms with Crippen LogP contribution in [0.4, 0.5) is 5.69 Å². The first-order chi connectivity index (χ1) is 12.1. The number of ether oxygens (including phenoxy) is 2. The van der Waals surface area contributed by atoms with Crippen molar-refractivity contribution in [3.05, 3.63) is 69.8 Å². The van der Waals surface area contributed by atoms with Crippen LogP contribution in [0.1, 0.15) is 11.1 Å². The first kappa shape index (κ1) is 16.5. The average molecular weight is 340 g/mol. The summed E-state index contributed by atoms with van der Waals surface area (Å²) in [6.07, 6.45) is 2.99. The number of nitrogens with one attached hydrogen (secondary N) is 1. The Bertz CT molecular complexity index is 815. The monoisotopic (exact) mass is 340 g/mol. The van der Waals surface area contributed by atoms with Crippen LogP contribution in [-0.4, -0.2) is 24.0 Å². The number of nitro groups is 1. The lowest BCUT2D eigenvalue weighted by Gasteiger charge is -2.18. The number of carbonyl (C=O) groups excluding carboxylic acids is 1. The van der Waals surface area contributed by atoms with E-state index in [0.717, 1.165) is 5.56 Å². The van der Waals surface area contributed by atoms with Crippen LogP contribution in [-0.2, 0) is 11.3 Å². The SMILES string of the molecule is O=C(/C=C/c1ccc([N+](=O)[O-])cc1)NCc1ccc2c(c1)OCCO2. The maximum Gasteiger partial charge on any atom is 0.269 e. The van der Waals surface area contributed by atoms with Crippen LogP contribution in [0.25, 0.3) is 6.08 Å². The molecule has 0 saturated heterocycles. The summed E-state index contributed by atoms with van der Waals surface area (Å²) in [7, 11) is 0. The zero-order valence-corrected chi connectivity index (χ0v) is 13.3. The number of carbonyl (C=O) groups is 1. The molecule has 1 aliphatic rings. The highest BCUT2D eigenvalue weighted by molar-refractivity contribution is 5.91. The van der Waals surface area contributed by atoms with Gasteiger partial charge < -0.3 is 14.8 Å². The molecule has 0 bridgehead atoms. The van der Waals surface area contributed by atoms with Crippen molar-refractivity contribution in [2.75, 3.05) is 13.2 Å². The van der Waals surface area contributed by atoms with Gasteiger partial charge in [-0.3, -0.25) is 14.9 Å². The molecular formula is C18H16N2O5. The summed E-state index contributed by atoms with van der Waals surface area (Å²) >= 11 is 0. The van der Waals surface area contributed by atoms with Gasteiger partial charge in [0, 0.05) is 24.8 Å². The van der Waals surface area contributed by atoms with Crippen LogP contribution in [0.15, 0.2) is 48.5 Å². The normalized spacial score (nSPS) is 12.8. The average Bonchev–Trinajstić information content (AvgIpc) is 2.65. The van der Waals surface area contributed by atoms with Gasteiger partial charge in [0.05, 0.1) is 4.92 Å². The molecule has 3 rings (SSSR count). The highest BCUT2D eigenvalue weighted by Gasteiger charge is 2.11. The minimum Gasteiger partial charge on any atom is -0.486 e. The Labute approximate surface area is 144 Å². The molecule has 7 nitrogen and oxygen atoms in total. The highest BCUT2D eigenvalue weighted by atomic mass is 16.6. The number of amides is 1. The molecule has 0 radical (unpaired) electrons. The van der Waals surface area contributed by atoms with E-state index in [0.29, 0.717) is 36.8 Å². The minimum atomic E-state index is -0.465. The first-order valence-electron chi connectivity index (χ1n) is 7.71. The molecule has 25 heavy (non-hydrogen) atoms. The second-order valence-electron chi connectivity index (χ2n) is 5.38. The van der Waals surface area contributed by atoms with Crippen molar-refractivity contribution in [3.8, 4) is 11.5 Å². The standard InChI is InChI=1S/C18H16N2O5/c21-18(8-4-13-1-5-15(6-2-13)20(22)23)19-12-14-3-7-16-17(11-14)25-10-9-24-16/h1-8,11H,9-10,12H2,(H,19,21)/b8-4+. The number of benzene rings is 2. The summed E-state index contributed by atoms with van der Waals surface area (Å²) in [5.41, 5.74) is 1.63. The van der Waals surface area contributed by atoms with Gasteiger partial charge in [0.25, 0.3) is 5.69 Å². The second-order valence-corrected chi connectivity index (χ2v) is 5.38. The van der Waals surface area contributed by atoms with Gasteiger partial charge in [0.2, 0.25) is 5.91 Å². The lowest BCUT2D eigenvalue weighted by atomic mass is 10.2. The smallest absolute Gasteiger partial charge is 0.269 e. The molecule has 0 aromatic heterocycles. The Balaban J connectivity index is 1.54. The summed E-state index contributed by atoms with van der Waals surface area (Å²) in [6.45, 7) is 1.41. The number of hydrogen-bond donors (Lipinski definition) is 1. The molecule has 2 aromatic carbocycles. The van der Waals surface area contributed by atoms with E-state index >= 15 is 0 Å². The lowest BCUT2D eigenvalue weighted by molar-refractivity contribution is -0.384. The number of nitro benzene ring substituents is 1. The fourth-order valence-electron chi connectivity index (χ4n) is 2.32. The molecule has 0 spiro atoms. The molecule has 128 valence electrons. The molecule has 1 N–H and O–H groups in total. The van der Waals surface area contributed by atoms with Gasteiger partial charge in [-0.1, -0.05) is 6.07 Å². The molecule has 0 fully saturated rings. The van der Waals surface area contributed by atoms with Crippen LogP contribution in [0.5, 0.6) is 11.5 Å². The van der Waals surface area contributed by atoms with Gasteiger partial charge >= 0.3 is 0 Å². The topological polar surface area (TPSA) is 90.7 Å². The molecule has 1 aliphatic heterocycles. The number of hydrogen-bond acceptors (Lipinski definition) is 5. The molecule has 0 unspecified atom stereocenters. The van der Waals surface area contributed by atoms with E-state index in [9.17, 15) is 14.9 Å². The predicted octanol–water partition coefficient (Wildman–Crippen LogP) is 2.70. The zero-order valence-electron chi connectivity index (χ0n) is 13.3. The Morgan fingerprint density at radius 1 is 1.12 bits per heavy atom. The third kappa shape index (κ3) is 4.35. The quantitative estimate of drug-likeness (QED) is 0.513. The van der Waals surface area contributed by atoms with Crippen molar-refractivity contribution in [2.24, 2.45) is 0 Å². The van der Waals surface area contributed by atoms with E-state index in [1.54, 1.807) is 18.2 Å². The van der Waals surface area contributed by atoms with Gasteiger partial charge in [-0.25, -0.2) is 0 Å². The van der Waals surface area contributed by atoms with Gasteiger partial charge in [-0.05, 0) is 41.5 Å². The zero-order chi connectivity index (χ0) is 17.6. The Morgan fingerprint density at radius 2 is 1.84 bits per heavy atom. The van der Waals surface area contributed by atoms with Gasteiger partial charge in [-0.2, -0.15) is 0 Å². The molecule has 7 heteroatoms. The molecule has 2 aromatic rings. The van der Waals surface area contributed by atoms with Gasteiger partial charge in [0.15, 0.2) is 11.5 Å². The van der Waals surface area contributed by atoms with Crippen molar-refractivity contribution in [1.82, 2.24) is 5.32 Å². The van der Waals surface area contributed by atoms with Crippen LogP contribution in [0, 0.1) is 10.1 Å². The summed E-state index contributed by atoms with van der Waals surface area (Å²) in [4.78, 5) is 22.0. The predicted molar refractivity (Wildman–Crippen MR) is 91.4 cm³/mol. The van der Waals surface area contributed by atoms with Gasteiger partial charge in [-0.15, -0.1) is 0 Å². The Hall–Kier alpha value is -3.35. The molecule has 1 amide bonds. The Kier molecular flexibility index (Phi) is 4.94. The van der Waals surface area contributed by atoms with Crippen LogP contribution >= 0.6 is 0 Å². The van der Waals surface area contributed by atoms with E-state index in [2.05, 4.69) is 5.32 Å². The summed E-state index contributed by atoms with van der Waals surface area (Å²) in [5.74, 6) is 1.13. The van der Waals surface area contributed by atoms with E-state index in [1.807, 2.05) is 18.2 Å². The second kappa shape index (κ2) is 7.48. The van der Waals surface area contributed by atoms with Crippen LogP contribution in [0.3, 0.4) is 0 Å². The molecule has 0 saturated carbocycles. The summed E-state index contributed by atoms with van der Waals surface area (Å²) < 4.78 is 11.0. The van der Waals surface area contributed by atoms with Crippen LogP contribution in [0.2, 0.25) is 0 Å². The highest BCUT2D eigenvalue weighted by Crippen LogP contribution is 2.30. The number of non-ortho nitro benzene ring substituents is 1. The van der Waals surface area contributed by atoms with E-state index in [1.165, 1.54) is 18.2 Å². The number of nitrogens with zero attached hydrogens (tertiary/aromatic N) is 1. The summed E-state index contributed by atoms with van der Waals surface area (Å²) in [5, 5.41) is 13.4. The lowest BCUT2D eigenvalue weighted by Crippen LogP contribution is -2.20. The number of rotatable bonds is 5. The molecule has 0 aliphatic carbocycles. The van der Waals surface area contributed by atoms with Gasteiger partial charge in [0.1, 0.15) is 13.2 Å². The summed E-state index contributed by atoms with van der Waals surface area (Å²) in [6, 6.07) is 11.5. The van der Waals surface area contributed by atoms with Crippen LogP contribution < -0.4 is 14.8 Å². The third-order valence-electron chi connectivity index (χ3n) is 3.60. The maximum absolute atomic E-state index is 11.9. The number of fused-ring (bicyclic) bond motifs is 1. The van der Waals surface area contributed by atoms with Crippen molar-refractivity contribution in [1.29, 1.82) is 0 Å². The van der Waals surface area contributed by atoms with Crippen molar-refractivity contribution in [2.45, 2.75) is 6.54 Å². The van der Waals surface area contributed by atoms with Crippen molar-refractivity contribution < 1.29 is 19.2 Å². The first-order valence-corrected chi connectivity index (χ1v) is 7.71. The fraction of sp³-hybridized carbons (Fsp3) is 0.167. The largest absolute Gasteiger partial charge is 0.486 e. The Morgan fingerprint density at radius 3 is 2.56 bits per heavy atom. The molecule has 0 atom stereocenters. The van der Waals surface area contributed by atoms with Crippen molar-refractivity contribution >= 4 is 17.7 Å². The van der Waals surface area contributed by atoms with E-state index in [4.69, 9.17) is 9.47 Å². The maximum atomic E-state index is 11.9. The van der Waals surface area contributed by atoms with Crippen molar-refractivity contribution in [3.63, 3.8) is 0 Å². The van der Waals surface area contributed by atoms with E-state index in [-0.39, 0.29) is 11.6 Å².